The van der Waals surface area contributed by atoms with Gasteiger partial charge in [0.2, 0.25) is 11.8 Å². The van der Waals surface area contributed by atoms with Crippen LogP contribution in [0, 0.1) is 0 Å². The van der Waals surface area contributed by atoms with Crippen LogP contribution in [-0.2, 0) is 26.2 Å². The van der Waals surface area contributed by atoms with E-state index in [1.807, 2.05) is 13.0 Å². The number of benzene rings is 3. The first-order chi connectivity index (χ1) is 18.7. The minimum atomic E-state index is -4.12. The second-order valence-corrected chi connectivity index (χ2v) is 10.7. The molecule has 0 spiro atoms. The Morgan fingerprint density at radius 1 is 0.897 bits per heavy atom. The molecule has 3 aromatic rings. The van der Waals surface area contributed by atoms with Gasteiger partial charge in [0.15, 0.2) is 0 Å². The molecular formula is C29H35N3O6S. The molecule has 208 valence electrons. The van der Waals surface area contributed by atoms with Crippen LogP contribution in [0.2, 0.25) is 0 Å². The third kappa shape index (κ3) is 7.51. The van der Waals surface area contributed by atoms with E-state index in [1.54, 1.807) is 74.7 Å². The summed E-state index contributed by atoms with van der Waals surface area (Å²) in [5.41, 5.74) is 1.03. The van der Waals surface area contributed by atoms with Crippen LogP contribution in [0.25, 0.3) is 0 Å². The lowest BCUT2D eigenvalue weighted by Crippen LogP contribution is -2.51. The number of rotatable bonds is 13. The van der Waals surface area contributed by atoms with Gasteiger partial charge in [0.25, 0.3) is 10.0 Å². The minimum Gasteiger partial charge on any atom is -0.497 e. The Hall–Kier alpha value is -4.05. The summed E-state index contributed by atoms with van der Waals surface area (Å²) in [6.45, 7) is 3.60. The van der Waals surface area contributed by atoms with Gasteiger partial charge in [0.05, 0.1) is 24.8 Å². The molecule has 0 heterocycles. The van der Waals surface area contributed by atoms with Crippen molar-refractivity contribution < 1.29 is 27.5 Å². The maximum absolute atomic E-state index is 13.9. The lowest BCUT2D eigenvalue weighted by Gasteiger charge is -2.32. The summed E-state index contributed by atoms with van der Waals surface area (Å²) in [5, 5.41) is 2.83. The quantitative estimate of drug-likeness (QED) is 0.345. The van der Waals surface area contributed by atoms with E-state index in [2.05, 4.69) is 5.32 Å². The van der Waals surface area contributed by atoms with Crippen LogP contribution >= 0.6 is 0 Å². The zero-order chi connectivity index (χ0) is 28.4. The van der Waals surface area contributed by atoms with Crippen molar-refractivity contribution in [2.45, 2.75) is 37.8 Å². The van der Waals surface area contributed by atoms with Crippen LogP contribution in [0.3, 0.4) is 0 Å². The number of anilines is 1. The molecule has 1 atom stereocenters. The van der Waals surface area contributed by atoms with Crippen molar-refractivity contribution in [1.29, 1.82) is 0 Å². The fourth-order valence-corrected chi connectivity index (χ4v) is 5.38. The van der Waals surface area contributed by atoms with Crippen molar-refractivity contribution >= 4 is 27.5 Å². The number of methoxy groups -OCH3 is 2. The van der Waals surface area contributed by atoms with Gasteiger partial charge in [-0.1, -0.05) is 37.3 Å². The topological polar surface area (TPSA) is 105 Å². The first-order valence-electron chi connectivity index (χ1n) is 12.6. The molecule has 2 amide bonds. The third-order valence-electron chi connectivity index (χ3n) is 6.17. The fraction of sp³-hybridized carbons (Fsp3) is 0.310. The lowest BCUT2D eigenvalue weighted by molar-refractivity contribution is -0.139. The van der Waals surface area contributed by atoms with Crippen LogP contribution in [0.4, 0.5) is 5.69 Å². The van der Waals surface area contributed by atoms with Gasteiger partial charge in [-0.15, -0.1) is 0 Å². The minimum absolute atomic E-state index is 0.0432. The molecule has 0 aromatic heterocycles. The van der Waals surface area contributed by atoms with E-state index in [4.69, 9.17) is 9.47 Å². The number of ether oxygens (including phenoxy) is 2. The Kier molecular flexibility index (Phi) is 10.3. The van der Waals surface area contributed by atoms with Crippen LogP contribution < -0.4 is 19.1 Å². The van der Waals surface area contributed by atoms with E-state index in [-0.39, 0.29) is 23.0 Å². The predicted molar refractivity (Wildman–Crippen MR) is 150 cm³/mol. The van der Waals surface area contributed by atoms with Crippen LogP contribution in [0.15, 0.2) is 83.8 Å². The Morgan fingerprint density at radius 3 is 2.18 bits per heavy atom. The van der Waals surface area contributed by atoms with E-state index >= 15 is 0 Å². The SMILES string of the molecule is CCCNC(=O)C(C)N(Cc1cccc(OC)c1)C(=O)CN(c1ccc(OC)cc1)S(=O)(=O)c1ccccc1. The zero-order valence-electron chi connectivity index (χ0n) is 22.7. The number of carbonyl (C=O) groups is 2. The van der Waals surface area contributed by atoms with Gasteiger partial charge in [-0.05, 0) is 67.4 Å². The van der Waals surface area contributed by atoms with Crippen molar-refractivity contribution in [2.75, 3.05) is 31.6 Å². The highest BCUT2D eigenvalue weighted by Crippen LogP contribution is 2.26. The van der Waals surface area contributed by atoms with Gasteiger partial charge in [0.1, 0.15) is 24.1 Å². The van der Waals surface area contributed by atoms with Gasteiger partial charge in [-0.3, -0.25) is 13.9 Å². The standard InChI is InChI=1S/C29H35N3O6S/c1-5-18-30-29(34)22(2)31(20-23-10-9-11-26(19-23)38-4)28(33)21-32(24-14-16-25(37-3)17-15-24)39(35,36)27-12-7-6-8-13-27/h6-17,19,22H,5,18,20-21H2,1-4H3,(H,30,34). The van der Waals surface area contributed by atoms with Gasteiger partial charge in [0, 0.05) is 13.1 Å². The number of amides is 2. The first kappa shape index (κ1) is 29.5. The number of hydrogen-bond acceptors (Lipinski definition) is 6. The number of sulfonamides is 1. The fourth-order valence-electron chi connectivity index (χ4n) is 3.94. The van der Waals surface area contributed by atoms with Crippen LogP contribution in [-0.4, -0.2) is 58.5 Å². The van der Waals surface area contributed by atoms with Crippen molar-refractivity contribution in [2.24, 2.45) is 0 Å². The van der Waals surface area contributed by atoms with Crippen molar-refractivity contribution in [3.63, 3.8) is 0 Å². The summed E-state index contributed by atoms with van der Waals surface area (Å²) in [7, 11) is -1.06. The maximum Gasteiger partial charge on any atom is 0.264 e. The Labute approximate surface area is 230 Å². The number of carbonyl (C=O) groups excluding carboxylic acids is 2. The Balaban J connectivity index is 2.01. The van der Waals surface area contributed by atoms with Crippen molar-refractivity contribution in [3.8, 4) is 11.5 Å². The van der Waals surface area contributed by atoms with E-state index in [0.29, 0.717) is 18.0 Å². The molecule has 3 aromatic carbocycles. The van der Waals surface area contributed by atoms with Gasteiger partial charge >= 0.3 is 0 Å². The van der Waals surface area contributed by atoms with Gasteiger partial charge in [-0.2, -0.15) is 0 Å². The van der Waals surface area contributed by atoms with E-state index in [1.165, 1.54) is 24.1 Å². The molecule has 39 heavy (non-hydrogen) atoms. The normalized spacial score (nSPS) is 11.8. The molecule has 0 radical (unpaired) electrons. The highest BCUT2D eigenvalue weighted by molar-refractivity contribution is 7.92. The summed E-state index contributed by atoms with van der Waals surface area (Å²) in [4.78, 5) is 28.2. The molecule has 3 rings (SSSR count). The third-order valence-corrected chi connectivity index (χ3v) is 7.96. The first-order valence-corrected chi connectivity index (χ1v) is 14.1. The van der Waals surface area contributed by atoms with E-state index in [9.17, 15) is 18.0 Å². The highest BCUT2D eigenvalue weighted by atomic mass is 32.2. The number of hydrogen-bond donors (Lipinski definition) is 1. The lowest BCUT2D eigenvalue weighted by atomic mass is 10.1. The molecule has 0 aliphatic rings. The molecule has 1 N–H and O–H groups in total. The zero-order valence-corrected chi connectivity index (χ0v) is 23.5. The molecule has 0 fully saturated rings. The smallest absolute Gasteiger partial charge is 0.264 e. The number of nitrogens with zero attached hydrogens (tertiary/aromatic N) is 2. The average Bonchev–Trinajstić information content (AvgIpc) is 2.97. The number of nitrogens with one attached hydrogen (secondary N) is 1. The molecule has 0 bridgehead atoms. The molecule has 10 heteroatoms. The van der Waals surface area contributed by atoms with Crippen LogP contribution in [0.1, 0.15) is 25.8 Å². The molecule has 0 aliphatic carbocycles. The molecule has 1 unspecified atom stereocenters. The van der Waals surface area contributed by atoms with Crippen molar-refractivity contribution in [1.82, 2.24) is 10.2 Å². The van der Waals surface area contributed by atoms with E-state index < -0.39 is 28.5 Å². The highest BCUT2D eigenvalue weighted by Gasteiger charge is 2.32. The second kappa shape index (κ2) is 13.7. The van der Waals surface area contributed by atoms with E-state index in [0.717, 1.165) is 16.3 Å². The van der Waals surface area contributed by atoms with Gasteiger partial charge in [-0.25, -0.2) is 8.42 Å². The molecular weight excluding hydrogens is 518 g/mol. The van der Waals surface area contributed by atoms with Crippen LogP contribution in [0.5, 0.6) is 11.5 Å². The molecule has 0 aliphatic heterocycles. The summed E-state index contributed by atoms with van der Waals surface area (Å²) in [6, 6.07) is 20.6. The summed E-state index contributed by atoms with van der Waals surface area (Å²) < 4.78 is 39.1. The monoisotopic (exact) mass is 553 g/mol. The summed E-state index contributed by atoms with van der Waals surface area (Å²) in [5.74, 6) is 0.291. The maximum atomic E-state index is 13.9. The molecule has 0 saturated heterocycles. The van der Waals surface area contributed by atoms with Crippen molar-refractivity contribution in [3.05, 3.63) is 84.4 Å². The largest absolute Gasteiger partial charge is 0.497 e. The summed E-state index contributed by atoms with van der Waals surface area (Å²) >= 11 is 0. The van der Waals surface area contributed by atoms with Gasteiger partial charge < -0.3 is 19.7 Å². The predicted octanol–water partition coefficient (Wildman–Crippen LogP) is 3.84. The molecule has 0 saturated carbocycles. The average molecular weight is 554 g/mol. The molecule has 9 nitrogen and oxygen atoms in total. The Morgan fingerprint density at radius 2 is 1.56 bits per heavy atom. The Bertz CT molecular complexity index is 1350. The second-order valence-electron chi connectivity index (χ2n) is 8.86. The summed E-state index contributed by atoms with van der Waals surface area (Å²) in [6.07, 6.45) is 0.739.